The summed E-state index contributed by atoms with van der Waals surface area (Å²) < 4.78 is 5.57. The SMILES string of the molecule is CCc1c(N)cc(Cl)c(CC)c1NC(=O)N(Cc1ccc(Cl)cc1)c1ccc(OC)c2ccccc12. The molecule has 0 aromatic heterocycles. The van der Waals surface area contributed by atoms with Crippen molar-refractivity contribution in [2.75, 3.05) is 23.1 Å². The Hall–Kier alpha value is -3.41. The molecular weight excluding hydrogens is 493 g/mol. The quantitative estimate of drug-likeness (QED) is 0.241. The lowest BCUT2D eigenvalue weighted by atomic mass is 10.0. The second kappa shape index (κ2) is 11.1. The second-order valence-electron chi connectivity index (χ2n) is 8.46. The maximum Gasteiger partial charge on any atom is 0.326 e. The van der Waals surface area contributed by atoms with Crippen LogP contribution in [0.1, 0.15) is 30.5 Å². The fourth-order valence-electron chi connectivity index (χ4n) is 4.52. The third-order valence-electron chi connectivity index (χ3n) is 6.33. The maximum atomic E-state index is 14.0. The minimum atomic E-state index is -0.286. The van der Waals surface area contributed by atoms with E-state index in [1.807, 2.05) is 74.5 Å². The van der Waals surface area contributed by atoms with Gasteiger partial charge in [0, 0.05) is 26.5 Å². The molecule has 4 aromatic carbocycles. The van der Waals surface area contributed by atoms with Gasteiger partial charge in [-0.25, -0.2) is 4.79 Å². The molecule has 5 nitrogen and oxygen atoms in total. The molecule has 186 valence electrons. The third-order valence-corrected chi connectivity index (χ3v) is 6.92. The van der Waals surface area contributed by atoms with Crippen LogP contribution < -0.4 is 20.7 Å². The molecular formula is C29H29Cl2N3O2. The number of nitrogens with zero attached hydrogens (tertiary/aromatic N) is 1. The lowest BCUT2D eigenvalue weighted by molar-refractivity contribution is 0.256. The molecule has 7 heteroatoms. The summed E-state index contributed by atoms with van der Waals surface area (Å²) in [4.78, 5) is 15.7. The Morgan fingerprint density at radius 3 is 2.25 bits per heavy atom. The minimum absolute atomic E-state index is 0.286. The molecule has 0 aliphatic rings. The first kappa shape index (κ1) is 25.7. The summed E-state index contributed by atoms with van der Waals surface area (Å²) in [7, 11) is 1.64. The monoisotopic (exact) mass is 521 g/mol. The molecule has 0 saturated heterocycles. The highest BCUT2D eigenvalue weighted by molar-refractivity contribution is 6.32. The van der Waals surface area contributed by atoms with E-state index in [0.29, 0.717) is 40.8 Å². The number of hydrogen-bond donors (Lipinski definition) is 2. The topological polar surface area (TPSA) is 67.6 Å². The van der Waals surface area contributed by atoms with Crippen molar-refractivity contribution < 1.29 is 9.53 Å². The van der Waals surface area contributed by atoms with E-state index in [1.54, 1.807) is 18.1 Å². The molecule has 0 fully saturated rings. The average molecular weight is 522 g/mol. The summed E-state index contributed by atoms with van der Waals surface area (Å²) in [5.74, 6) is 0.741. The number of urea groups is 1. The number of nitrogens with two attached hydrogens (primary N) is 1. The van der Waals surface area contributed by atoms with Gasteiger partial charge in [0.1, 0.15) is 5.75 Å². The Bertz CT molecular complexity index is 1380. The molecule has 4 aromatic rings. The van der Waals surface area contributed by atoms with E-state index in [9.17, 15) is 4.79 Å². The first-order chi connectivity index (χ1) is 17.4. The molecule has 0 aliphatic carbocycles. The number of hydrogen-bond acceptors (Lipinski definition) is 3. The van der Waals surface area contributed by atoms with E-state index in [4.69, 9.17) is 33.7 Å². The van der Waals surface area contributed by atoms with Gasteiger partial charge in [-0.15, -0.1) is 0 Å². The molecule has 0 atom stereocenters. The van der Waals surface area contributed by atoms with Crippen molar-refractivity contribution in [3.8, 4) is 5.75 Å². The molecule has 3 N–H and O–H groups in total. The number of amides is 2. The number of nitrogen functional groups attached to an aromatic ring is 1. The van der Waals surface area contributed by atoms with Crippen LogP contribution >= 0.6 is 23.2 Å². The summed E-state index contributed by atoms with van der Waals surface area (Å²) in [5, 5.41) is 6.15. The van der Waals surface area contributed by atoms with Gasteiger partial charge in [0.15, 0.2) is 0 Å². The van der Waals surface area contributed by atoms with Crippen LogP contribution in [0.25, 0.3) is 10.8 Å². The summed E-state index contributed by atoms with van der Waals surface area (Å²) in [6.07, 6.45) is 1.32. The van der Waals surface area contributed by atoms with Crippen LogP contribution in [0.2, 0.25) is 10.0 Å². The van der Waals surface area contributed by atoms with E-state index >= 15 is 0 Å². The molecule has 0 aliphatic heterocycles. The number of halogens is 2. The third kappa shape index (κ3) is 5.08. The Labute approximate surface area is 221 Å². The van der Waals surface area contributed by atoms with Gasteiger partial charge in [-0.2, -0.15) is 0 Å². The van der Waals surface area contributed by atoms with Crippen molar-refractivity contribution >= 4 is 57.1 Å². The molecule has 0 spiro atoms. The normalized spacial score (nSPS) is 10.9. The number of carbonyl (C=O) groups excluding carboxylic acids is 1. The Morgan fingerprint density at radius 1 is 0.944 bits per heavy atom. The van der Waals surface area contributed by atoms with Crippen molar-refractivity contribution in [1.29, 1.82) is 0 Å². The van der Waals surface area contributed by atoms with Gasteiger partial charge >= 0.3 is 6.03 Å². The highest BCUT2D eigenvalue weighted by atomic mass is 35.5. The molecule has 0 bridgehead atoms. The van der Waals surface area contributed by atoms with Crippen LogP contribution in [0.4, 0.5) is 21.9 Å². The smallest absolute Gasteiger partial charge is 0.326 e. The summed E-state index contributed by atoms with van der Waals surface area (Å²) in [5.41, 5.74) is 11.0. The van der Waals surface area contributed by atoms with Crippen molar-refractivity contribution in [3.05, 3.63) is 93.5 Å². The lowest BCUT2D eigenvalue weighted by Gasteiger charge is -2.27. The molecule has 0 saturated carbocycles. The average Bonchev–Trinajstić information content (AvgIpc) is 2.88. The molecule has 36 heavy (non-hydrogen) atoms. The number of rotatable bonds is 7. The largest absolute Gasteiger partial charge is 0.496 e. The zero-order chi connectivity index (χ0) is 25.8. The van der Waals surface area contributed by atoms with Gasteiger partial charge in [0.05, 0.1) is 25.0 Å². The number of anilines is 3. The predicted octanol–water partition coefficient (Wildman–Crippen LogP) is 8.10. The fourth-order valence-corrected chi connectivity index (χ4v) is 4.99. The van der Waals surface area contributed by atoms with Crippen molar-refractivity contribution in [2.45, 2.75) is 33.2 Å². The van der Waals surface area contributed by atoms with E-state index in [1.165, 1.54) is 0 Å². The van der Waals surface area contributed by atoms with E-state index in [2.05, 4.69) is 5.32 Å². The molecule has 0 radical (unpaired) electrons. The lowest BCUT2D eigenvalue weighted by Crippen LogP contribution is -2.35. The molecule has 4 rings (SSSR count). The minimum Gasteiger partial charge on any atom is -0.496 e. The highest BCUT2D eigenvalue weighted by Crippen LogP contribution is 2.37. The first-order valence-electron chi connectivity index (χ1n) is 11.9. The van der Waals surface area contributed by atoms with Gasteiger partial charge in [-0.05, 0) is 59.9 Å². The van der Waals surface area contributed by atoms with Crippen LogP contribution in [0.15, 0.2) is 66.7 Å². The number of ether oxygens (including phenoxy) is 1. The summed E-state index contributed by atoms with van der Waals surface area (Å²) in [6.45, 7) is 4.35. The molecule has 0 unspecified atom stereocenters. The number of methoxy groups -OCH3 is 1. The maximum absolute atomic E-state index is 14.0. The Balaban J connectivity index is 1.85. The Kier molecular flexibility index (Phi) is 7.92. The zero-order valence-corrected chi connectivity index (χ0v) is 22.1. The van der Waals surface area contributed by atoms with E-state index in [-0.39, 0.29) is 6.03 Å². The summed E-state index contributed by atoms with van der Waals surface area (Å²) in [6, 6.07) is 20.6. The van der Waals surface area contributed by atoms with Gasteiger partial charge in [0.2, 0.25) is 0 Å². The van der Waals surface area contributed by atoms with Crippen LogP contribution in [-0.2, 0) is 19.4 Å². The number of benzene rings is 4. The number of nitrogens with one attached hydrogen (secondary N) is 1. The van der Waals surface area contributed by atoms with E-state index < -0.39 is 0 Å². The predicted molar refractivity (Wildman–Crippen MR) is 152 cm³/mol. The fraction of sp³-hybridized carbons (Fsp3) is 0.207. The van der Waals surface area contributed by atoms with Crippen molar-refractivity contribution in [1.82, 2.24) is 0 Å². The summed E-state index contributed by atoms with van der Waals surface area (Å²) >= 11 is 12.6. The Morgan fingerprint density at radius 2 is 1.61 bits per heavy atom. The van der Waals surface area contributed by atoms with Crippen LogP contribution in [0.5, 0.6) is 5.75 Å². The van der Waals surface area contributed by atoms with E-state index in [0.717, 1.165) is 38.9 Å². The first-order valence-corrected chi connectivity index (χ1v) is 12.6. The number of carbonyl (C=O) groups is 1. The van der Waals surface area contributed by atoms with Gasteiger partial charge in [0.25, 0.3) is 0 Å². The van der Waals surface area contributed by atoms with Gasteiger partial charge in [-0.1, -0.05) is 73.4 Å². The highest BCUT2D eigenvalue weighted by Gasteiger charge is 2.23. The van der Waals surface area contributed by atoms with Crippen LogP contribution in [0, 0.1) is 0 Å². The van der Waals surface area contributed by atoms with Crippen molar-refractivity contribution in [3.63, 3.8) is 0 Å². The van der Waals surface area contributed by atoms with Crippen LogP contribution in [-0.4, -0.2) is 13.1 Å². The van der Waals surface area contributed by atoms with Crippen LogP contribution in [0.3, 0.4) is 0 Å². The van der Waals surface area contributed by atoms with Crippen molar-refractivity contribution in [2.24, 2.45) is 0 Å². The van der Waals surface area contributed by atoms with Gasteiger partial charge < -0.3 is 15.8 Å². The molecule has 0 heterocycles. The number of fused-ring (bicyclic) bond motifs is 1. The zero-order valence-electron chi connectivity index (χ0n) is 20.6. The second-order valence-corrected chi connectivity index (χ2v) is 9.31. The standard InChI is InChI=1S/C29H29Cl2N3O2/c1-4-20-24(31)16-25(32)21(5-2)28(20)33-29(35)34(17-18-10-12-19(30)13-11-18)26-14-15-27(36-3)23-9-7-6-8-22(23)26/h6-16H,4-5,17,32H2,1-3H3,(H,33,35). The molecule has 2 amide bonds. The van der Waals surface area contributed by atoms with Gasteiger partial charge in [-0.3, -0.25) is 4.90 Å².